The van der Waals surface area contributed by atoms with E-state index in [4.69, 9.17) is 21.5 Å². The monoisotopic (exact) mass is 275 g/mol. The van der Waals surface area contributed by atoms with Crippen molar-refractivity contribution in [1.29, 1.82) is 5.26 Å². The van der Waals surface area contributed by atoms with Crippen LogP contribution in [-0.2, 0) is 4.74 Å². The Morgan fingerprint density at radius 3 is 3.00 bits per heavy atom. The zero-order valence-corrected chi connectivity index (χ0v) is 10.5. The summed E-state index contributed by atoms with van der Waals surface area (Å²) in [5.74, 6) is 0.237. The van der Waals surface area contributed by atoms with Gasteiger partial charge in [-0.15, -0.1) is 0 Å². The second kappa shape index (κ2) is 4.29. The van der Waals surface area contributed by atoms with Crippen molar-refractivity contribution in [2.75, 3.05) is 18.1 Å². The van der Waals surface area contributed by atoms with Crippen LogP contribution in [0.25, 0.3) is 11.2 Å². The maximum Gasteiger partial charge on any atom is 0.224 e. The van der Waals surface area contributed by atoms with E-state index in [-0.39, 0.29) is 18.4 Å². The van der Waals surface area contributed by atoms with E-state index in [2.05, 4.69) is 15.0 Å². The number of aliphatic hydroxyl groups is 1. The molecule has 1 aliphatic heterocycles. The van der Waals surface area contributed by atoms with Crippen molar-refractivity contribution in [2.45, 2.75) is 24.7 Å². The van der Waals surface area contributed by atoms with Gasteiger partial charge in [-0.2, -0.15) is 15.2 Å². The minimum atomic E-state index is -1.18. The van der Waals surface area contributed by atoms with Gasteiger partial charge in [0.15, 0.2) is 17.1 Å². The summed E-state index contributed by atoms with van der Waals surface area (Å²) in [5.41, 5.74) is 11.0. The van der Waals surface area contributed by atoms with Gasteiger partial charge in [0.25, 0.3) is 0 Å². The summed E-state index contributed by atoms with van der Waals surface area (Å²) in [6.07, 6.45) is 2.06. The summed E-state index contributed by atoms with van der Waals surface area (Å²) in [5, 5.41) is 18.4. The highest BCUT2D eigenvalue weighted by Gasteiger charge is 2.41. The molecule has 0 amide bonds. The third-order valence-electron chi connectivity index (χ3n) is 3.39. The van der Waals surface area contributed by atoms with E-state index >= 15 is 0 Å². The third kappa shape index (κ3) is 1.74. The Bertz CT molecular complexity index is 707. The first-order chi connectivity index (χ1) is 9.58. The highest BCUT2D eigenvalue weighted by molar-refractivity contribution is 5.82. The maximum atomic E-state index is 9.30. The Hall–Kier alpha value is -2.44. The van der Waals surface area contributed by atoms with Gasteiger partial charge in [0.1, 0.15) is 17.8 Å². The number of ether oxygens (including phenoxy) is 1. The summed E-state index contributed by atoms with van der Waals surface area (Å²) in [6, 6.07) is 2.00. The Kier molecular flexibility index (Phi) is 2.70. The van der Waals surface area contributed by atoms with Crippen molar-refractivity contribution in [1.82, 2.24) is 19.5 Å². The van der Waals surface area contributed by atoms with Crippen molar-refractivity contribution >= 4 is 22.9 Å². The number of nitriles is 1. The molecule has 0 radical (unpaired) electrons. The third-order valence-corrected chi connectivity index (χ3v) is 3.39. The number of hydrogen-bond acceptors (Lipinski definition) is 8. The van der Waals surface area contributed by atoms with E-state index in [1.54, 1.807) is 4.57 Å². The van der Waals surface area contributed by atoms with Gasteiger partial charge in [-0.1, -0.05) is 0 Å². The summed E-state index contributed by atoms with van der Waals surface area (Å²) in [7, 11) is 0. The molecule has 3 rings (SSSR count). The van der Waals surface area contributed by atoms with Crippen molar-refractivity contribution in [3.05, 3.63) is 6.33 Å². The van der Waals surface area contributed by atoms with Gasteiger partial charge in [0.05, 0.1) is 12.9 Å². The van der Waals surface area contributed by atoms with Gasteiger partial charge < -0.3 is 21.3 Å². The van der Waals surface area contributed by atoms with Gasteiger partial charge in [0, 0.05) is 0 Å². The Labute approximate surface area is 113 Å². The molecule has 2 atom stereocenters. The number of aromatic nitrogens is 4. The number of nitrogens with two attached hydrogens (primary N) is 2. The first-order valence-corrected chi connectivity index (χ1v) is 6.04. The lowest BCUT2D eigenvalue weighted by molar-refractivity contribution is -0.0630. The number of imidazole rings is 1. The fourth-order valence-corrected chi connectivity index (χ4v) is 2.33. The molecule has 0 bridgehead atoms. The molecule has 0 spiro atoms. The first kappa shape index (κ1) is 12.6. The zero-order valence-electron chi connectivity index (χ0n) is 10.5. The van der Waals surface area contributed by atoms with E-state index in [1.165, 1.54) is 6.33 Å². The number of anilines is 2. The molecule has 0 aromatic carbocycles. The molecule has 9 heteroatoms. The lowest BCUT2D eigenvalue weighted by Gasteiger charge is -2.19. The second-order valence-electron chi connectivity index (χ2n) is 4.67. The standard InChI is InChI=1S/C11H13N7O2/c12-3-11(4-19)2-1-6(20-11)18-5-15-7-8(13)16-10(14)17-9(7)18/h5-6,19H,1-2,4H2,(H4,13,14,16,17)/t6-,11?/m1/s1. The van der Waals surface area contributed by atoms with Crippen LogP contribution in [0.1, 0.15) is 19.1 Å². The smallest absolute Gasteiger partial charge is 0.224 e. The van der Waals surface area contributed by atoms with Gasteiger partial charge >= 0.3 is 0 Å². The summed E-state index contributed by atoms with van der Waals surface area (Å²) in [4.78, 5) is 12.1. The molecule has 0 aliphatic carbocycles. The van der Waals surface area contributed by atoms with Crippen LogP contribution < -0.4 is 11.5 Å². The first-order valence-electron chi connectivity index (χ1n) is 6.04. The number of nitrogen functional groups attached to an aromatic ring is 2. The van der Waals surface area contributed by atoms with Crippen LogP contribution in [0.2, 0.25) is 0 Å². The Morgan fingerprint density at radius 1 is 1.55 bits per heavy atom. The minimum absolute atomic E-state index is 0.0449. The highest BCUT2D eigenvalue weighted by atomic mass is 16.5. The Balaban J connectivity index is 2.03. The summed E-state index contributed by atoms with van der Waals surface area (Å²) in [6.45, 7) is -0.355. The molecular weight excluding hydrogens is 262 g/mol. The van der Waals surface area contributed by atoms with Crippen LogP contribution in [0.15, 0.2) is 6.33 Å². The van der Waals surface area contributed by atoms with Gasteiger partial charge in [0.2, 0.25) is 5.95 Å². The number of fused-ring (bicyclic) bond motifs is 1. The van der Waals surface area contributed by atoms with Crippen LogP contribution in [0.4, 0.5) is 11.8 Å². The van der Waals surface area contributed by atoms with E-state index in [1.807, 2.05) is 6.07 Å². The van der Waals surface area contributed by atoms with Gasteiger partial charge in [-0.3, -0.25) is 4.57 Å². The fraction of sp³-hybridized carbons (Fsp3) is 0.455. The van der Waals surface area contributed by atoms with Crippen LogP contribution in [0.5, 0.6) is 0 Å². The average Bonchev–Trinajstić information content (AvgIpc) is 3.02. The quantitative estimate of drug-likeness (QED) is 0.667. The van der Waals surface area contributed by atoms with Crippen LogP contribution in [-0.4, -0.2) is 36.8 Å². The molecular formula is C11H13N7O2. The molecule has 1 saturated heterocycles. The minimum Gasteiger partial charge on any atom is -0.392 e. The lowest BCUT2D eigenvalue weighted by atomic mass is 10.0. The van der Waals surface area contributed by atoms with Gasteiger partial charge in [-0.05, 0) is 12.8 Å². The van der Waals surface area contributed by atoms with Crippen LogP contribution >= 0.6 is 0 Å². The molecule has 104 valence electrons. The largest absolute Gasteiger partial charge is 0.392 e. The fourth-order valence-electron chi connectivity index (χ4n) is 2.33. The second-order valence-corrected chi connectivity index (χ2v) is 4.67. The number of rotatable bonds is 2. The lowest BCUT2D eigenvalue weighted by Crippen LogP contribution is -2.31. The maximum absolute atomic E-state index is 9.30. The van der Waals surface area contributed by atoms with Crippen molar-refractivity contribution in [3.8, 4) is 6.07 Å². The molecule has 1 aliphatic rings. The molecule has 2 aromatic rings. The molecule has 0 saturated carbocycles. The summed E-state index contributed by atoms with van der Waals surface area (Å²) < 4.78 is 7.30. The van der Waals surface area contributed by atoms with E-state index in [9.17, 15) is 5.11 Å². The number of hydrogen-bond donors (Lipinski definition) is 3. The number of aliphatic hydroxyl groups excluding tert-OH is 1. The molecule has 5 N–H and O–H groups in total. The predicted octanol–water partition coefficient (Wildman–Crippen LogP) is -0.446. The SMILES string of the molecule is N#CC1(CO)CC[C@H](n2cnc3c(N)nc(N)nc32)O1. The molecule has 2 aromatic heterocycles. The van der Waals surface area contributed by atoms with E-state index < -0.39 is 11.8 Å². The van der Waals surface area contributed by atoms with E-state index in [0.717, 1.165) is 0 Å². The van der Waals surface area contributed by atoms with Crippen molar-refractivity contribution in [3.63, 3.8) is 0 Å². The van der Waals surface area contributed by atoms with Crippen LogP contribution in [0, 0.1) is 11.3 Å². The average molecular weight is 275 g/mol. The van der Waals surface area contributed by atoms with Crippen molar-refractivity contribution in [2.24, 2.45) is 0 Å². The molecule has 1 fully saturated rings. The van der Waals surface area contributed by atoms with Crippen LogP contribution in [0.3, 0.4) is 0 Å². The molecule has 9 nitrogen and oxygen atoms in total. The number of nitrogens with zero attached hydrogens (tertiary/aromatic N) is 5. The molecule has 20 heavy (non-hydrogen) atoms. The zero-order chi connectivity index (χ0) is 14.3. The van der Waals surface area contributed by atoms with Crippen molar-refractivity contribution < 1.29 is 9.84 Å². The molecule has 3 heterocycles. The van der Waals surface area contributed by atoms with Gasteiger partial charge in [-0.25, -0.2) is 4.98 Å². The highest BCUT2D eigenvalue weighted by Crippen LogP contribution is 2.37. The normalized spacial score (nSPS) is 25.9. The topological polar surface area (TPSA) is 149 Å². The molecule has 1 unspecified atom stereocenters. The van der Waals surface area contributed by atoms with E-state index in [0.29, 0.717) is 24.0 Å². The summed E-state index contributed by atoms with van der Waals surface area (Å²) >= 11 is 0. The predicted molar refractivity (Wildman–Crippen MR) is 68.9 cm³/mol. The Morgan fingerprint density at radius 2 is 2.35 bits per heavy atom.